The normalized spacial score (nSPS) is 11.1. The molecule has 0 aromatic heterocycles. The number of nitrogens with zero attached hydrogens (tertiary/aromatic N) is 2. The number of ether oxygens (including phenoxy) is 4. The van der Waals surface area contributed by atoms with Crippen LogP contribution in [0.4, 0.5) is 5.69 Å². The first-order valence-electron chi connectivity index (χ1n) is 12.8. The summed E-state index contributed by atoms with van der Waals surface area (Å²) >= 11 is 0. The number of benzene rings is 4. The number of anilines is 1. The molecule has 0 radical (unpaired) electrons. The van der Waals surface area contributed by atoms with Crippen molar-refractivity contribution in [2.24, 2.45) is 5.10 Å². The van der Waals surface area contributed by atoms with Crippen LogP contribution in [-0.4, -0.2) is 48.4 Å². The van der Waals surface area contributed by atoms with Crippen LogP contribution in [0.3, 0.4) is 0 Å². The first kappa shape index (κ1) is 29.9. The molecule has 0 fully saturated rings. The molecule has 0 atom stereocenters. The summed E-state index contributed by atoms with van der Waals surface area (Å²) in [5.74, 6) is 1.03. The Morgan fingerprint density at radius 1 is 0.786 bits per heavy atom. The van der Waals surface area contributed by atoms with Crippen LogP contribution in [0.5, 0.6) is 23.0 Å². The van der Waals surface area contributed by atoms with Crippen molar-refractivity contribution in [3.63, 3.8) is 0 Å². The van der Waals surface area contributed by atoms with Crippen molar-refractivity contribution in [3.8, 4) is 23.0 Å². The fourth-order valence-electron chi connectivity index (χ4n) is 3.98. The van der Waals surface area contributed by atoms with Crippen molar-refractivity contribution in [2.45, 2.75) is 11.5 Å². The summed E-state index contributed by atoms with van der Waals surface area (Å²) in [4.78, 5) is 12.8. The number of hydrogen-bond acceptors (Lipinski definition) is 8. The molecule has 4 aromatic carbocycles. The smallest absolute Gasteiger partial charge is 0.264 e. The van der Waals surface area contributed by atoms with Gasteiger partial charge in [-0.15, -0.1) is 0 Å². The molecule has 1 N–H and O–H groups in total. The van der Waals surface area contributed by atoms with Gasteiger partial charge >= 0.3 is 0 Å². The predicted octanol–water partition coefficient (Wildman–Crippen LogP) is 4.64. The zero-order valence-electron chi connectivity index (χ0n) is 23.4. The third kappa shape index (κ3) is 7.38. The summed E-state index contributed by atoms with van der Waals surface area (Å²) in [7, 11) is 0.231. The van der Waals surface area contributed by atoms with E-state index in [-0.39, 0.29) is 10.6 Å². The Labute approximate surface area is 245 Å². The van der Waals surface area contributed by atoms with Crippen molar-refractivity contribution in [1.82, 2.24) is 5.43 Å². The quantitative estimate of drug-likeness (QED) is 0.179. The summed E-state index contributed by atoms with van der Waals surface area (Å²) in [6.45, 7) is -0.140. The van der Waals surface area contributed by atoms with Gasteiger partial charge in [-0.3, -0.25) is 9.10 Å². The number of hydrogen-bond donors (Lipinski definition) is 1. The van der Waals surface area contributed by atoms with Crippen LogP contribution >= 0.6 is 0 Å². The third-order valence-electron chi connectivity index (χ3n) is 6.10. The van der Waals surface area contributed by atoms with Gasteiger partial charge in [-0.25, -0.2) is 13.8 Å². The van der Waals surface area contributed by atoms with E-state index in [9.17, 15) is 13.2 Å². The molecule has 11 heteroatoms. The third-order valence-corrected chi connectivity index (χ3v) is 7.87. The van der Waals surface area contributed by atoms with Gasteiger partial charge in [0, 0.05) is 6.07 Å². The number of rotatable bonds is 13. The first-order chi connectivity index (χ1) is 20.3. The van der Waals surface area contributed by atoms with E-state index in [1.54, 1.807) is 48.5 Å². The second kappa shape index (κ2) is 14.0. The second-order valence-corrected chi connectivity index (χ2v) is 10.7. The van der Waals surface area contributed by atoms with Gasteiger partial charge in [-0.05, 0) is 53.6 Å². The predicted molar refractivity (Wildman–Crippen MR) is 160 cm³/mol. The molecular formula is C31H31N3O7S. The SMILES string of the molecule is COc1ccc(S(=O)(=O)N(CC(=O)N/N=C\c2ccc(OCc3ccccc3)c(OC)c2)c2ccccc2)cc1OC. The molecule has 0 bridgehead atoms. The summed E-state index contributed by atoms with van der Waals surface area (Å²) in [6, 6.07) is 27.5. The molecule has 0 aliphatic carbocycles. The van der Waals surface area contributed by atoms with Crippen molar-refractivity contribution in [3.05, 3.63) is 108 Å². The average molecular weight is 590 g/mol. The molecular weight excluding hydrogens is 558 g/mol. The molecule has 4 aromatic rings. The Kier molecular flexibility index (Phi) is 10.0. The molecule has 0 aliphatic rings. The first-order valence-corrected chi connectivity index (χ1v) is 14.3. The van der Waals surface area contributed by atoms with Crippen LogP contribution in [-0.2, 0) is 21.4 Å². The fraction of sp³-hybridized carbons (Fsp3) is 0.161. The van der Waals surface area contributed by atoms with Crippen molar-refractivity contribution >= 4 is 27.8 Å². The Balaban J connectivity index is 1.47. The molecule has 0 unspecified atom stereocenters. The lowest BCUT2D eigenvalue weighted by Crippen LogP contribution is -2.39. The Hall–Kier alpha value is -5.03. The highest BCUT2D eigenvalue weighted by Gasteiger charge is 2.28. The topological polar surface area (TPSA) is 116 Å². The van der Waals surface area contributed by atoms with E-state index in [4.69, 9.17) is 18.9 Å². The minimum absolute atomic E-state index is 0.0676. The number of carbonyl (C=O) groups excluding carboxylic acids is 1. The zero-order valence-corrected chi connectivity index (χ0v) is 24.2. The van der Waals surface area contributed by atoms with Gasteiger partial charge in [0.25, 0.3) is 15.9 Å². The molecule has 218 valence electrons. The number of para-hydroxylation sites is 1. The molecule has 0 saturated heterocycles. The van der Waals surface area contributed by atoms with Gasteiger partial charge in [0.05, 0.1) is 38.1 Å². The van der Waals surface area contributed by atoms with E-state index in [0.29, 0.717) is 35.1 Å². The Bertz CT molecular complexity index is 1630. The number of carbonyl (C=O) groups is 1. The van der Waals surface area contributed by atoms with Crippen LogP contribution in [0.15, 0.2) is 107 Å². The summed E-state index contributed by atoms with van der Waals surface area (Å²) < 4.78 is 50.1. The lowest BCUT2D eigenvalue weighted by atomic mass is 10.2. The molecule has 1 amide bonds. The van der Waals surface area contributed by atoms with Gasteiger partial charge < -0.3 is 18.9 Å². The van der Waals surface area contributed by atoms with E-state index < -0.39 is 22.5 Å². The Morgan fingerprint density at radius 3 is 2.07 bits per heavy atom. The van der Waals surface area contributed by atoms with E-state index in [0.717, 1.165) is 9.87 Å². The standard InChI is InChI=1S/C31H31N3O7S/c1-38-27-17-15-26(19-30(27)40-3)42(36,37)34(25-12-8-5-9-13-25)21-31(35)33-32-20-24-14-16-28(29(18-24)39-2)41-22-23-10-6-4-7-11-23/h4-20H,21-22H2,1-3H3,(H,33,35)/b32-20-. The van der Waals surface area contributed by atoms with Crippen LogP contribution in [0.1, 0.15) is 11.1 Å². The minimum Gasteiger partial charge on any atom is -0.493 e. The highest BCUT2D eigenvalue weighted by atomic mass is 32.2. The van der Waals surface area contributed by atoms with Crippen LogP contribution < -0.4 is 28.7 Å². The van der Waals surface area contributed by atoms with Crippen LogP contribution in [0.25, 0.3) is 0 Å². The van der Waals surface area contributed by atoms with Crippen molar-refractivity contribution in [2.75, 3.05) is 32.2 Å². The monoisotopic (exact) mass is 589 g/mol. The van der Waals surface area contributed by atoms with E-state index in [1.807, 2.05) is 30.3 Å². The number of nitrogens with one attached hydrogen (secondary N) is 1. The number of methoxy groups -OCH3 is 3. The molecule has 0 spiro atoms. The molecule has 0 aliphatic heterocycles. The second-order valence-electron chi connectivity index (χ2n) is 8.84. The van der Waals surface area contributed by atoms with Crippen molar-refractivity contribution < 1.29 is 32.2 Å². The lowest BCUT2D eigenvalue weighted by molar-refractivity contribution is -0.119. The molecule has 42 heavy (non-hydrogen) atoms. The fourth-order valence-corrected chi connectivity index (χ4v) is 5.41. The zero-order chi connectivity index (χ0) is 30.0. The number of amides is 1. The van der Waals surface area contributed by atoms with E-state index in [2.05, 4.69) is 10.5 Å². The maximum absolute atomic E-state index is 13.7. The van der Waals surface area contributed by atoms with Crippen LogP contribution in [0.2, 0.25) is 0 Å². The minimum atomic E-state index is -4.17. The highest BCUT2D eigenvalue weighted by molar-refractivity contribution is 7.92. The van der Waals surface area contributed by atoms with E-state index in [1.165, 1.54) is 45.7 Å². The van der Waals surface area contributed by atoms with Gasteiger partial charge in [0.2, 0.25) is 0 Å². The van der Waals surface area contributed by atoms with Crippen molar-refractivity contribution in [1.29, 1.82) is 0 Å². The molecule has 0 heterocycles. The average Bonchev–Trinajstić information content (AvgIpc) is 3.03. The highest BCUT2D eigenvalue weighted by Crippen LogP contribution is 2.32. The van der Waals surface area contributed by atoms with Gasteiger partial charge in [0.15, 0.2) is 23.0 Å². The molecule has 4 rings (SSSR count). The molecule has 10 nitrogen and oxygen atoms in total. The van der Waals surface area contributed by atoms with Gasteiger partial charge in [-0.1, -0.05) is 48.5 Å². The Morgan fingerprint density at radius 2 is 1.40 bits per heavy atom. The van der Waals surface area contributed by atoms with Gasteiger partial charge in [-0.2, -0.15) is 5.10 Å². The van der Waals surface area contributed by atoms with Crippen LogP contribution in [0, 0.1) is 0 Å². The summed E-state index contributed by atoms with van der Waals surface area (Å²) in [5.41, 5.74) is 4.37. The summed E-state index contributed by atoms with van der Waals surface area (Å²) in [6.07, 6.45) is 1.43. The number of hydrazone groups is 1. The maximum atomic E-state index is 13.7. The largest absolute Gasteiger partial charge is 0.493 e. The number of sulfonamides is 1. The molecule has 0 saturated carbocycles. The maximum Gasteiger partial charge on any atom is 0.264 e. The van der Waals surface area contributed by atoms with E-state index >= 15 is 0 Å². The summed E-state index contributed by atoms with van der Waals surface area (Å²) in [5, 5.41) is 4.01. The lowest BCUT2D eigenvalue weighted by Gasteiger charge is -2.24. The van der Waals surface area contributed by atoms with Gasteiger partial charge in [0.1, 0.15) is 13.2 Å².